The summed E-state index contributed by atoms with van der Waals surface area (Å²) in [7, 11) is 3.18. The molecule has 0 aliphatic carbocycles. The van der Waals surface area contributed by atoms with Crippen LogP contribution in [0.3, 0.4) is 0 Å². The molecular formula is C18H18N2O3. The van der Waals surface area contributed by atoms with E-state index in [4.69, 9.17) is 9.47 Å². The Morgan fingerprint density at radius 2 is 1.65 bits per heavy atom. The molecule has 0 radical (unpaired) electrons. The molecule has 3 rings (SSSR count). The Kier molecular flexibility index (Phi) is 3.78. The molecule has 0 amide bonds. The number of hydrogen-bond donors (Lipinski definition) is 1. The van der Waals surface area contributed by atoms with Gasteiger partial charge in [-0.25, -0.2) is 4.98 Å². The van der Waals surface area contributed by atoms with Crippen LogP contribution < -0.4 is 9.47 Å². The summed E-state index contributed by atoms with van der Waals surface area (Å²) in [5.41, 5.74) is 4.10. The molecule has 5 heteroatoms. The van der Waals surface area contributed by atoms with Crippen LogP contribution in [0.1, 0.15) is 11.1 Å². The molecule has 0 saturated carbocycles. The first-order valence-electron chi connectivity index (χ1n) is 7.23. The average molecular weight is 310 g/mol. The van der Waals surface area contributed by atoms with Gasteiger partial charge >= 0.3 is 0 Å². The monoisotopic (exact) mass is 310 g/mol. The Labute approximate surface area is 134 Å². The molecule has 23 heavy (non-hydrogen) atoms. The van der Waals surface area contributed by atoms with Gasteiger partial charge < -0.3 is 14.6 Å². The second kappa shape index (κ2) is 5.76. The third-order valence-corrected chi connectivity index (χ3v) is 3.85. The third kappa shape index (κ3) is 2.65. The molecule has 5 nitrogen and oxygen atoms in total. The Morgan fingerprint density at radius 1 is 0.957 bits per heavy atom. The van der Waals surface area contributed by atoms with Crippen LogP contribution in [0.15, 0.2) is 30.5 Å². The van der Waals surface area contributed by atoms with Crippen molar-refractivity contribution in [1.82, 2.24) is 9.97 Å². The summed E-state index contributed by atoms with van der Waals surface area (Å²) in [5.74, 6) is 1.48. The number of aromatic hydroxyl groups is 1. The summed E-state index contributed by atoms with van der Waals surface area (Å²) in [6.45, 7) is 3.74. The van der Waals surface area contributed by atoms with E-state index < -0.39 is 0 Å². The molecule has 0 bridgehead atoms. The lowest BCUT2D eigenvalue weighted by molar-refractivity contribution is 0.386. The molecule has 0 atom stereocenters. The summed E-state index contributed by atoms with van der Waals surface area (Å²) in [5, 5.41) is 10.7. The third-order valence-electron chi connectivity index (χ3n) is 3.85. The second-order valence-electron chi connectivity index (χ2n) is 5.41. The van der Waals surface area contributed by atoms with Gasteiger partial charge in [0, 0.05) is 17.8 Å². The highest BCUT2D eigenvalue weighted by Gasteiger charge is 2.11. The fourth-order valence-electron chi connectivity index (χ4n) is 2.60. The minimum atomic E-state index is 0.316. The lowest BCUT2D eigenvalue weighted by Crippen LogP contribution is -1.94. The first-order chi connectivity index (χ1) is 11.0. The van der Waals surface area contributed by atoms with Gasteiger partial charge in [-0.15, -0.1) is 0 Å². The molecule has 0 saturated heterocycles. The van der Waals surface area contributed by atoms with E-state index in [1.165, 1.54) is 0 Å². The van der Waals surface area contributed by atoms with Crippen LogP contribution >= 0.6 is 0 Å². The van der Waals surface area contributed by atoms with Crippen LogP contribution in [0.5, 0.6) is 17.4 Å². The van der Waals surface area contributed by atoms with Crippen LogP contribution in [-0.4, -0.2) is 29.3 Å². The minimum Gasteiger partial charge on any atom is -0.507 e. The van der Waals surface area contributed by atoms with E-state index in [1.54, 1.807) is 26.5 Å². The molecule has 1 N–H and O–H groups in total. The van der Waals surface area contributed by atoms with Crippen molar-refractivity contribution in [1.29, 1.82) is 0 Å². The van der Waals surface area contributed by atoms with Gasteiger partial charge in [-0.2, -0.15) is 0 Å². The van der Waals surface area contributed by atoms with Gasteiger partial charge in [0.25, 0.3) is 0 Å². The largest absolute Gasteiger partial charge is 0.507 e. The first kappa shape index (κ1) is 15.1. The van der Waals surface area contributed by atoms with Crippen molar-refractivity contribution in [3.63, 3.8) is 0 Å². The Hall–Kier alpha value is -2.82. The average Bonchev–Trinajstić information content (AvgIpc) is 2.57. The lowest BCUT2D eigenvalue weighted by Gasteiger charge is -2.10. The maximum Gasteiger partial charge on any atom is 0.217 e. The van der Waals surface area contributed by atoms with E-state index in [1.807, 2.05) is 32.0 Å². The number of benzene rings is 1. The van der Waals surface area contributed by atoms with Crippen LogP contribution in [0.25, 0.3) is 22.2 Å². The van der Waals surface area contributed by atoms with E-state index in [0.29, 0.717) is 17.4 Å². The molecule has 118 valence electrons. The number of fused-ring (bicyclic) bond motifs is 1. The van der Waals surface area contributed by atoms with Gasteiger partial charge in [-0.1, -0.05) is 0 Å². The number of phenolic OH excluding ortho intramolecular Hbond substituents is 1. The molecule has 0 unspecified atom stereocenters. The lowest BCUT2D eigenvalue weighted by atomic mass is 10.0. The van der Waals surface area contributed by atoms with E-state index in [9.17, 15) is 5.11 Å². The zero-order chi connectivity index (χ0) is 16.6. The number of aryl methyl sites for hydroxylation is 2. The van der Waals surface area contributed by atoms with Crippen LogP contribution in [0, 0.1) is 13.8 Å². The molecule has 0 aliphatic rings. The number of phenols is 1. The highest BCUT2D eigenvalue weighted by molar-refractivity contribution is 5.87. The first-order valence-corrected chi connectivity index (χ1v) is 7.23. The molecular weight excluding hydrogens is 292 g/mol. The maximum absolute atomic E-state index is 9.92. The summed E-state index contributed by atoms with van der Waals surface area (Å²) >= 11 is 0. The van der Waals surface area contributed by atoms with Gasteiger partial charge in [0.05, 0.1) is 30.8 Å². The number of nitrogens with zero attached hydrogens (tertiary/aromatic N) is 2. The number of rotatable bonds is 3. The molecule has 2 aromatic heterocycles. The van der Waals surface area contributed by atoms with Crippen molar-refractivity contribution >= 4 is 10.9 Å². The quantitative estimate of drug-likeness (QED) is 0.800. The molecule has 0 aliphatic heterocycles. The minimum absolute atomic E-state index is 0.316. The standard InChI is InChI=1S/C18H18N2O3/c1-10-5-12(6-11(2)18(10)21)14-7-15-13(9-19-14)16(22-3)8-17(20-15)23-4/h5-9,21H,1-4H3. The van der Waals surface area contributed by atoms with E-state index in [2.05, 4.69) is 9.97 Å². The van der Waals surface area contributed by atoms with Crippen LogP contribution in [-0.2, 0) is 0 Å². The van der Waals surface area contributed by atoms with Crippen molar-refractivity contribution in [3.05, 3.63) is 41.6 Å². The zero-order valence-corrected chi connectivity index (χ0v) is 13.5. The Bertz CT molecular complexity index is 868. The molecule has 2 heterocycles. The normalized spacial score (nSPS) is 10.8. The summed E-state index contributed by atoms with van der Waals surface area (Å²) in [4.78, 5) is 8.97. The Morgan fingerprint density at radius 3 is 2.26 bits per heavy atom. The molecule has 0 fully saturated rings. The fourth-order valence-corrected chi connectivity index (χ4v) is 2.60. The maximum atomic E-state index is 9.92. The fraction of sp³-hybridized carbons (Fsp3) is 0.222. The van der Waals surface area contributed by atoms with Crippen molar-refractivity contribution in [2.45, 2.75) is 13.8 Å². The van der Waals surface area contributed by atoms with Gasteiger partial charge in [0.15, 0.2) is 0 Å². The predicted molar refractivity (Wildman–Crippen MR) is 89.2 cm³/mol. The number of hydrogen-bond acceptors (Lipinski definition) is 5. The van der Waals surface area contributed by atoms with Crippen LogP contribution in [0.4, 0.5) is 0 Å². The second-order valence-corrected chi connectivity index (χ2v) is 5.41. The van der Waals surface area contributed by atoms with Gasteiger partial charge in [0.1, 0.15) is 11.5 Å². The van der Waals surface area contributed by atoms with Crippen molar-refractivity contribution < 1.29 is 14.6 Å². The van der Waals surface area contributed by atoms with Gasteiger partial charge in [-0.3, -0.25) is 4.98 Å². The topological polar surface area (TPSA) is 64.5 Å². The summed E-state index contributed by atoms with van der Waals surface area (Å²) in [6, 6.07) is 7.45. The van der Waals surface area contributed by atoms with Gasteiger partial charge in [0.2, 0.25) is 5.88 Å². The van der Waals surface area contributed by atoms with Gasteiger partial charge in [-0.05, 0) is 43.2 Å². The number of ether oxygens (including phenoxy) is 2. The van der Waals surface area contributed by atoms with E-state index in [-0.39, 0.29) is 0 Å². The summed E-state index contributed by atoms with van der Waals surface area (Å²) in [6.07, 6.45) is 1.74. The Balaban J connectivity index is 2.20. The molecule has 3 aromatic rings. The van der Waals surface area contributed by atoms with Crippen LogP contribution in [0.2, 0.25) is 0 Å². The predicted octanol–water partition coefficient (Wildman–Crippen LogP) is 3.64. The highest BCUT2D eigenvalue weighted by atomic mass is 16.5. The highest BCUT2D eigenvalue weighted by Crippen LogP contribution is 2.32. The van der Waals surface area contributed by atoms with E-state index in [0.717, 1.165) is 33.3 Å². The van der Waals surface area contributed by atoms with Crippen molar-refractivity contribution in [2.24, 2.45) is 0 Å². The SMILES string of the molecule is COc1cc(OC)c2cnc(-c3cc(C)c(O)c(C)c3)cc2n1. The zero-order valence-electron chi connectivity index (χ0n) is 13.5. The number of aromatic nitrogens is 2. The van der Waals surface area contributed by atoms with Crippen molar-refractivity contribution in [2.75, 3.05) is 14.2 Å². The molecule has 0 spiro atoms. The smallest absolute Gasteiger partial charge is 0.217 e. The molecule has 1 aromatic carbocycles. The van der Waals surface area contributed by atoms with E-state index >= 15 is 0 Å². The van der Waals surface area contributed by atoms with Crippen molar-refractivity contribution in [3.8, 4) is 28.6 Å². The number of pyridine rings is 2. The summed E-state index contributed by atoms with van der Waals surface area (Å²) < 4.78 is 10.6. The number of methoxy groups -OCH3 is 2.